The topological polar surface area (TPSA) is 90.3 Å². The molecule has 24 heavy (non-hydrogen) atoms. The summed E-state index contributed by atoms with van der Waals surface area (Å²) in [7, 11) is 3.12. The van der Waals surface area contributed by atoms with E-state index in [9.17, 15) is 4.79 Å². The maximum Gasteiger partial charge on any atom is 0.319 e. The van der Waals surface area contributed by atoms with E-state index in [0.717, 1.165) is 0 Å². The van der Waals surface area contributed by atoms with Gasteiger partial charge in [-0.3, -0.25) is 0 Å². The van der Waals surface area contributed by atoms with E-state index in [1.807, 2.05) is 13.8 Å². The van der Waals surface area contributed by atoms with Crippen molar-refractivity contribution in [3.8, 4) is 11.5 Å². The lowest BCUT2D eigenvalue weighted by atomic mass is 10.1. The molecule has 2 amide bonds. The van der Waals surface area contributed by atoms with Gasteiger partial charge in [0.25, 0.3) is 0 Å². The first-order chi connectivity index (χ1) is 11.5. The van der Waals surface area contributed by atoms with Gasteiger partial charge >= 0.3 is 6.03 Å². The smallest absolute Gasteiger partial charge is 0.319 e. The van der Waals surface area contributed by atoms with E-state index >= 15 is 0 Å². The minimum atomic E-state index is -0.309. The second-order valence-electron chi connectivity index (χ2n) is 5.63. The van der Waals surface area contributed by atoms with Crippen molar-refractivity contribution in [3.63, 3.8) is 0 Å². The summed E-state index contributed by atoms with van der Waals surface area (Å²) >= 11 is 0. The van der Waals surface area contributed by atoms with Gasteiger partial charge in [-0.25, -0.2) is 4.79 Å². The third kappa shape index (κ3) is 4.87. The van der Waals surface area contributed by atoms with E-state index in [1.54, 1.807) is 49.6 Å². The van der Waals surface area contributed by atoms with Crippen LogP contribution in [0.5, 0.6) is 11.5 Å². The monoisotopic (exact) mass is 333 g/mol. The van der Waals surface area contributed by atoms with Crippen molar-refractivity contribution in [2.45, 2.75) is 26.4 Å². The molecule has 0 aliphatic carbocycles. The number of carbonyl (C=O) groups excluding carboxylic acids is 1. The van der Waals surface area contributed by atoms with Crippen LogP contribution in [-0.2, 0) is 6.54 Å². The van der Waals surface area contributed by atoms with Crippen molar-refractivity contribution in [1.29, 1.82) is 0 Å². The van der Waals surface area contributed by atoms with E-state index in [4.69, 9.17) is 9.47 Å². The molecule has 0 saturated carbocycles. The molecule has 1 unspecified atom stereocenters. The van der Waals surface area contributed by atoms with Crippen LogP contribution in [0.3, 0.4) is 0 Å². The molecule has 0 spiro atoms. The van der Waals surface area contributed by atoms with Gasteiger partial charge in [0.1, 0.15) is 11.5 Å². The molecule has 1 aromatic carbocycles. The lowest BCUT2D eigenvalue weighted by Crippen LogP contribution is -2.44. The van der Waals surface area contributed by atoms with Crippen molar-refractivity contribution < 1.29 is 14.3 Å². The highest BCUT2D eigenvalue weighted by molar-refractivity contribution is 5.90. The maximum absolute atomic E-state index is 12.3. The summed E-state index contributed by atoms with van der Waals surface area (Å²) in [4.78, 5) is 13.9. The second kappa shape index (κ2) is 8.19. The zero-order chi connectivity index (χ0) is 17.5. The third-order valence-corrected chi connectivity index (χ3v) is 3.56. The second-order valence-corrected chi connectivity index (χ2v) is 5.63. The molecule has 1 heterocycles. The lowest BCUT2D eigenvalue weighted by molar-refractivity contribution is 0.239. The zero-order valence-corrected chi connectivity index (χ0v) is 14.3. The Labute approximate surface area is 141 Å². The minimum absolute atomic E-state index is 0.107. The predicted octanol–water partition coefficient (Wildman–Crippen LogP) is 2.14. The number of methoxy groups -OCH3 is 2. The highest BCUT2D eigenvalue weighted by atomic mass is 16.5. The molecule has 0 aliphatic heterocycles. The van der Waals surface area contributed by atoms with Crippen molar-refractivity contribution >= 4 is 11.7 Å². The maximum atomic E-state index is 12.3. The number of nitrogens with zero attached hydrogens (tertiary/aromatic N) is 3. The average molecular weight is 333 g/mol. The van der Waals surface area contributed by atoms with E-state index in [0.29, 0.717) is 23.7 Å². The van der Waals surface area contributed by atoms with Crippen molar-refractivity contribution in [3.05, 3.63) is 30.6 Å². The Balaban J connectivity index is 2.02. The fourth-order valence-corrected chi connectivity index (χ4v) is 2.15. The van der Waals surface area contributed by atoms with Gasteiger partial charge in [-0.15, -0.1) is 0 Å². The molecule has 1 aromatic heterocycles. The number of hydrogen-bond acceptors (Lipinski definition) is 5. The van der Waals surface area contributed by atoms with Crippen LogP contribution in [0.4, 0.5) is 10.5 Å². The molecule has 0 radical (unpaired) electrons. The predicted molar refractivity (Wildman–Crippen MR) is 90.3 cm³/mol. The zero-order valence-electron chi connectivity index (χ0n) is 14.3. The fraction of sp³-hybridized carbons (Fsp3) is 0.438. The quantitative estimate of drug-likeness (QED) is 0.810. The molecule has 8 nitrogen and oxygen atoms in total. The molecule has 1 atom stereocenters. The van der Waals surface area contributed by atoms with E-state index in [2.05, 4.69) is 20.8 Å². The number of carbonyl (C=O) groups is 1. The Bertz CT molecular complexity index is 635. The summed E-state index contributed by atoms with van der Waals surface area (Å²) < 4.78 is 10.4. The van der Waals surface area contributed by atoms with Crippen LogP contribution >= 0.6 is 0 Å². The number of anilines is 1. The van der Waals surface area contributed by atoms with E-state index in [1.165, 1.54) is 0 Å². The molecule has 0 fully saturated rings. The number of nitrogens with one attached hydrogen (secondary N) is 2. The van der Waals surface area contributed by atoms with Crippen molar-refractivity contribution in [1.82, 2.24) is 20.3 Å². The standard InChI is InChI=1S/C16H23N5O3/c1-11(2)15(10-21-17-5-6-18-21)20-16(22)19-12-7-13(23-3)9-14(8-12)24-4/h5-9,11,15H,10H2,1-4H3,(H2,19,20,22). The Morgan fingerprint density at radius 2 is 1.71 bits per heavy atom. The summed E-state index contributed by atoms with van der Waals surface area (Å²) in [5, 5.41) is 13.9. The molecular formula is C16H23N5O3. The van der Waals surface area contributed by atoms with Crippen LogP contribution in [0.15, 0.2) is 30.6 Å². The average Bonchev–Trinajstić information content (AvgIpc) is 3.06. The number of aromatic nitrogens is 3. The summed E-state index contributed by atoms with van der Waals surface area (Å²) in [6.45, 7) is 4.56. The molecule has 130 valence electrons. The highest BCUT2D eigenvalue weighted by Gasteiger charge is 2.18. The number of hydrogen-bond donors (Lipinski definition) is 2. The third-order valence-electron chi connectivity index (χ3n) is 3.56. The molecule has 2 rings (SSSR count). The van der Waals surface area contributed by atoms with Gasteiger partial charge in [-0.05, 0) is 5.92 Å². The number of urea groups is 1. The van der Waals surface area contributed by atoms with Gasteiger partial charge in [0.15, 0.2) is 0 Å². The Hall–Kier alpha value is -2.77. The molecule has 0 aliphatic rings. The van der Waals surface area contributed by atoms with Crippen molar-refractivity contribution in [2.75, 3.05) is 19.5 Å². The number of rotatable bonds is 7. The normalized spacial score (nSPS) is 11.9. The van der Waals surface area contributed by atoms with Gasteiger partial charge in [-0.2, -0.15) is 15.0 Å². The van der Waals surface area contributed by atoms with Crippen LogP contribution in [0.1, 0.15) is 13.8 Å². The van der Waals surface area contributed by atoms with E-state index in [-0.39, 0.29) is 18.0 Å². The van der Waals surface area contributed by atoms with Crippen LogP contribution in [-0.4, -0.2) is 41.3 Å². The van der Waals surface area contributed by atoms with Crippen LogP contribution in [0.2, 0.25) is 0 Å². The fourth-order valence-electron chi connectivity index (χ4n) is 2.15. The Morgan fingerprint density at radius 3 is 2.21 bits per heavy atom. The van der Waals surface area contributed by atoms with Crippen LogP contribution in [0.25, 0.3) is 0 Å². The first-order valence-corrected chi connectivity index (χ1v) is 7.66. The molecule has 0 saturated heterocycles. The largest absolute Gasteiger partial charge is 0.497 e. The summed E-state index contributed by atoms with van der Waals surface area (Å²) in [6.07, 6.45) is 3.22. The summed E-state index contributed by atoms with van der Waals surface area (Å²) in [5.41, 5.74) is 0.587. The summed E-state index contributed by atoms with van der Waals surface area (Å²) in [5.74, 6) is 1.43. The number of ether oxygens (including phenoxy) is 2. The van der Waals surface area contributed by atoms with Gasteiger partial charge in [0.2, 0.25) is 0 Å². The van der Waals surface area contributed by atoms with E-state index < -0.39 is 0 Å². The molecule has 2 N–H and O–H groups in total. The number of benzene rings is 1. The lowest BCUT2D eigenvalue weighted by Gasteiger charge is -2.22. The van der Waals surface area contributed by atoms with Gasteiger partial charge in [-0.1, -0.05) is 13.8 Å². The van der Waals surface area contributed by atoms with Crippen LogP contribution in [0, 0.1) is 5.92 Å². The Kier molecular flexibility index (Phi) is 6.00. The van der Waals surface area contributed by atoms with Crippen molar-refractivity contribution in [2.24, 2.45) is 5.92 Å². The molecule has 2 aromatic rings. The molecule has 8 heteroatoms. The van der Waals surface area contributed by atoms with Gasteiger partial charge in [0.05, 0.1) is 39.2 Å². The number of amides is 2. The first-order valence-electron chi connectivity index (χ1n) is 7.66. The first kappa shape index (κ1) is 17.6. The van der Waals surface area contributed by atoms with Gasteiger partial charge < -0.3 is 20.1 Å². The SMILES string of the molecule is COc1cc(NC(=O)NC(Cn2nccn2)C(C)C)cc(OC)c1. The Morgan fingerprint density at radius 1 is 1.12 bits per heavy atom. The van der Waals surface area contributed by atoms with Gasteiger partial charge in [0, 0.05) is 23.9 Å². The van der Waals surface area contributed by atoms with Crippen LogP contribution < -0.4 is 20.1 Å². The minimum Gasteiger partial charge on any atom is -0.497 e. The highest BCUT2D eigenvalue weighted by Crippen LogP contribution is 2.25. The molecular weight excluding hydrogens is 310 g/mol. The summed E-state index contributed by atoms with van der Waals surface area (Å²) in [6, 6.07) is 4.77. The molecule has 0 bridgehead atoms.